The predicted molar refractivity (Wildman–Crippen MR) is 123 cm³/mol. The summed E-state index contributed by atoms with van der Waals surface area (Å²) < 4.78 is 11.5. The Balaban J connectivity index is 1.57. The third kappa shape index (κ3) is 4.38. The SMILES string of the molecule is COc1cc([C@H]2SCC(=O)N2c2ccc(Cl)cc2)ccc1OCc1ccccc1Cl. The summed E-state index contributed by atoms with van der Waals surface area (Å²) in [5, 5.41) is 1.15. The first-order valence-corrected chi connectivity index (χ1v) is 11.1. The van der Waals surface area contributed by atoms with Gasteiger partial charge in [0.15, 0.2) is 11.5 Å². The predicted octanol–water partition coefficient (Wildman–Crippen LogP) is 6.36. The van der Waals surface area contributed by atoms with Gasteiger partial charge in [-0.2, -0.15) is 0 Å². The van der Waals surface area contributed by atoms with Crippen LogP contribution in [-0.4, -0.2) is 18.8 Å². The average molecular weight is 460 g/mol. The van der Waals surface area contributed by atoms with E-state index in [2.05, 4.69) is 0 Å². The zero-order chi connectivity index (χ0) is 21.1. The highest BCUT2D eigenvalue weighted by molar-refractivity contribution is 8.00. The van der Waals surface area contributed by atoms with Gasteiger partial charge < -0.3 is 9.47 Å². The Morgan fingerprint density at radius 1 is 1.03 bits per heavy atom. The first-order chi connectivity index (χ1) is 14.6. The van der Waals surface area contributed by atoms with Crippen LogP contribution in [-0.2, 0) is 11.4 Å². The number of hydrogen-bond donors (Lipinski definition) is 0. The van der Waals surface area contributed by atoms with Crippen molar-refractivity contribution in [3.63, 3.8) is 0 Å². The van der Waals surface area contributed by atoms with Crippen LogP contribution in [0.25, 0.3) is 0 Å². The molecule has 0 N–H and O–H groups in total. The molecule has 1 aliphatic heterocycles. The summed E-state index contributed by atoms with van der Waals surface area (Å²) in [6.45, 7) is 0.336. The van der Waals surface area contributed by atoms with Crippen LogP contribution < -0.4 is 14.4 Å². The molecule has 0 radical (unpaired) electrons. The number of amides is 1. The molecular weight excluding hydrogens is 441 g/mol. The normalized spacial score (nSPS) is 16.0. The van der Waals surface area contributed by atoms with Crippen molar-refractivity contribution in [3.05, 3.63) is 87.9 Å². The highest BCUT2D eigenvalue weighted by Gasteiger charge is 2.34. The van der Waals surface area contributed by atoms with Crippen molar-refractivity contribution in [1.82, 2.24) is 0 Å². The maximum Gasteiger partial charge on any atom is 0.238 e. The second-order valence-electron chi connectivity index (χ2n) is 6.69. The Kier molecular flexibility index (Phi) is 6.42. The molecule has 4 rings (SSSR count). The summed E-state index contributed by atoms with van der Waals surface area (Å²) in [7, 11) is 1.60. The molecule has 1 fully saturated rings. The maximum absolute atomic E-state index is 12.6. The van der Waals surface area contributed by atoms with Crippen molar-refractivity contribution in [2.45, 2.75) is 12.0 Å². The van der Waals surface area contributed by atoms with Crippen molar-refractivity contribution in [1.29, 1.82) is 0 Å². The average Bonchev–Trinajstić information content (AvgIpc) is 3.15. The van der Waals surface area contributed by atoms with E-state index in [0.717, 1.165) is 16.8 Å². The van der Waals surface area contributed by atoms with Crippen LogP contribution >= 0.6 is 35.0 Å². The standard InChI is InChI=1S/C23H19Cl2NO3S/c1-28-21-12-15(6-11-20(21)29-13-16-4-2-3-5-19(16)25)23-26(22(27)14-30-23)18-9-7-17(24)8-10-18/h2-12,23H,13-14H2,1H3/t23-/m1/s1. The van der Waals surface area contributed by atoms with Crippen LogP contribution in [0, 0.1) is 0 Å². The Labute approximate surface area is 189 Å². The molecule has 0 saturated carbocycles. The molecule has 1 saturated heterocycles. The summed E-state index contributed by atoms with van der Waals surface area (Å²) in [4.78, 5) is 14.4. The van der Waals surface area contributed by atoms with E-state index < -0.39 is 0 Å². The van der Waals surface area contributed by atoms with Crippen molar-refractivity contribution in [2.24, 2.45) is 0 Å². The Morgan fingerprint density at radius 2 is 1.80 bits per heavy atom. The second-order valence-corrected chi connectivity index (χ2v) is 8.61. The van der Waals surface area contributed by atoms with Crippen LogP contribution in [0.4, 0.5) is 5.69 Å². The number of hydrogen-bond acceptors (Lipinski definition) is 4. The summed E-state index contributed by atoms with van der Waals surface area (Å²) in [6, 6.07) is 20.6. The van der Waals surface area contributed by atoms with Crippen LogP contribution in [0.3, 0.4) is 0 Å². The molecule has 4 nitrogen and oxygen atoms in total. The largest absolute Gasteiger partial charge is 0.493 e. The lowest BCUT2D eigenvalue weighted by molar-refractivity contribution is -0.115. The van der Waals surface area contributed by atoms with Crippen LogP contribution in [0.5, 0.6) is 11.5 Å². The fourth-order valence-electron chi connectivity index (χ4n) is 3.28. The number of rotatable bonds is 6. The molecule has 30 heavy (non-hydrogen) atoms. The molecule has 7 heteroatoms. The van der Waals surface area contributed by atoms with E-state index in [4.69, 9.17) is 32.7 Å². The molecule has 0 aromatic heterocycles. The van der Waals surface area contributed by atoms with Crippen molar-refractivity contribution < 1.29 is 14.3 Å². The van der Waals surface area contributed by atoms with Crippen LogP contribution in [0.2, 0.25) is 10.0 Å². The van der Waals surface area contributed by atoms with Crippen molar-refractivity contribution in [3.8, 4) is 11.5 Å². The lowest BCUT2D eigenvalue weighted by Gasteiger charge is -2.25. The molecule has 0 unspecified atom stereocenters. The van der Waals surface area contributed by atoms with E-state index in [1.807, 2.05) is 54.6 Å². The van der Waals surface area contributed by atoms with Gasteiger partial charge in [-0.05, 0) is 48.0 Å². The first-order valence-electron chi connectivity index (χ1n) is 9.30. The number of anilines is 1. The van der Waals surface area contributed by atoms with Crippen LogP contribution in [0.15, 0.2) is 66.7 Å². The van der Waals surface area contributed by atoms with Crippen molar-refractivity contribution >= 4 is 46.6 Å². The molecule has 1 amide bonds. The minimum Gasteiger partial charge on any atom is -0.493 e. The van der Waals surface area contributed by atoms with Crippen LogP contribution in [0.1, 0.15) is 16.5 Å². The summed E-state index contributed by atoms with van der Waals surface area (Å²) in [6.07, 6.45) is 0. The zero-order valence-electron chi connectivity index (χ0n) is 16.2. The smallest absolute Gasteiger partial charge is 0.238 e. The minimum absolute atomic E-state index is 0.0605. The van der Waals surface area contributed by atoms with Gasteiger partial charge in [0.25, 0.3) is 0 Å². The highest BCUT2D eigenvalue weighted by Crippen LogP contribution is 2.44. The molecular formula is C23H19Cl2NO3S. The monoisotopic (exact) mass is 459 g/mol. The van der Waals surface area contributed by atoms with Gasteiger partial charge in [0.2, 0.25) is 5.91 Å². The first kappa shape index (κ1) is 20.9. The van der Waals surface area contributed by atoms with Gasteiger partial charge in [0.1, 0.15) is 12.0 Å². The van der Waals surface area contributed by atoms with E-state index in [9.17, 15) is 4.79 Å². The molecule has 0 aliphatic carbocycles. The van der Waals surface area contributed by atoms with Gasteiger partial charge in [-0.15, -0.1) is 11.8 Å². The second kappa shape index (κ2) is 9.21. The number of ether oxygens (including phenoxy) is 2. The maximum atomic E-state index is 12.6. The van der Waals surface area contributed by atoms with Gasteiger partial charge in [0, 0.05) is 21.3 Å². The molecule has 3 aromatic rings. The van der Waals surface area contributed by atoms with Gasteiger partial charge in [0.05, 0.1) is 12.9 Å². The number of halogens is 2. The van der Waals surface area contributed by atoms with E-state index in [1.54, 1.807) is 35.9 Å². The molecule has 3 aromatic carbocycles. The quantitative estimate of drug-likeness (QED) is 0.429. The van der Waals surface area contributed by atoms with Crippen molar-refractivity contribution in [2.75, 3.05) is 17.8 Å². The number of carbonyl (C=O) groups excluding carboxylic acids is 1. The summed E-state index contributed by atoms with van der Waals surface area (Å²) in [5.41, 5.74) is 2.68. The number of carbonyl (C=O) groups is 1. The minimum atomic E-state index is -0.148. The molecule has 1 aliphatic rings. The number of nitrogens with zero attached hydrogens (tertiary/aromatic N) is 1. The number of methoxy groups -OCH3 is 1. The third-order valence-electron chi connectivity index (χ3n) is 4.79. The molecule has 1 atom stereocenters. The Morgan fingerprint density at radius 3 is 2.53 bits per heavy atom. The third-order valence-corrected chi connectivity index (χ3v) is 6.62. The lowest BCUT2D eigenvalue weighted by atomic mass is 10.1. The fourth-order valence-corrected chi connectivity index (χ4v) is 4.76. The zero-order valence-corrected chi connectivity index (χ0v) is 18.5. The number of benzene rings is 3. The summed E-state index contributed by atoms with van der Waals surface area (Å²) in [5.74, 6) is 1.70. The van der Waals surface area contributed by atoms with Gasteiger partial charge in [-0.1, -0.05) is 47.5 Å². The topological polar surface area (TPSA) is 38.8 Å². The van der Waals surface area contributed by atoms with E-state index in [1.165, 1.54) is 0 Å². The van der Waals surface area contributed by atoms with E-state index >= 15 is 0 Å². The lowest BCUT2D eigenvalue weighted by Crippen LogP contribution is -2.27. The fraction of sp³-hybridized carbons (Fsp3) is 0.174. The molecule has 154 valence electrons. The number of thioether (sulfide) groups is 1. The Bertz CT molecular complexity index is 1060. The summed E-state index contributed by atoms with van der Waals surface area (Å²) >= 11 is 13.8. The molecule has 1 heterocycles. The van der Waals surface area contributed by atoms with Gasteiger partial charge in [-0.25, -0.2) is 0 Å². The highest BCUT2D eigenvalue weighted by atomic mass is 35.5. The van der Waals surface area contributed by atoms with E-state index in [-0.39, 0.29) is 11.3 Å². The van der Waals surface area contributed by atoms with E-state index in [0.29, 0.717) is 33.9 Å². The van der Waals surface area contributed by atoms with Gasteiger partial charge in [-0.3, -0.25) is 9.69 Å². The molecule has 0 spiro atoms. The molecule has 0 bridgehead atoms. The van der Waals surface area contributed by atoms with Gasteiger partial charge >= 0.3 is 0 Å². The Hall–Kier alpha value is -2.34.